The Morgan fingerprint density at radius 1 is 1.15 bits per heavy atom. The molecule has 2 aliphatic heterocycles. The Bertz CT molecular complexity index is 1170. The van der Waals surface area contributed by atoms with E-state index in [0.717, 1.165) is 18.8 Å². The minimum Gasteiger partial charge on any atom is -0.454 e. The number of rotatable bonds is 6. The molecular formula is C22H24N4O6S. The van der Waals surface area contributed by atoms with Gasteiger partial charge in [-0.25, -0.2) is 13.2 Å². The minimum atomic E-state index is -3.70. The van der Waals surface area contributed by atoms with Crippen LogP contribution in [0.4, 0.5) is 11.4 Å². The molecule has 174 valence electrons. The van der Waals surface area contributed by atoms with Gasteiger partial charge in [0.25, 0.3) is 15.9 Å². The minimum absolute atomic E-state index is 0.0693. The molecule has 2 heterocycles. The van der Waals surface area contributed by atoms with Crippen LogP contribution >= 0.6 is 0 Å². The smallest absolute Gasteiger partial charge is 0.331 e. The van der Waals surface area contributed by atoms with Crippen LogP contribution in [0.15, 0.2) is 58.4 Å². The number of ether oxygens (including phenoxy) is 2. The van der Waals surface area contributed by atoms with E-state index in [2.05, 4.69) is 19.9 Å². The summed E-state index contributed by atoms with van der Waals surface area (Å²) >= 11 is 0. The zero-order valence-corrected chi connectivity index (χ0v) is 18.8. The first-order valence-electron chi connectivity index (χ1n) is 10.4. The van der Waals surface area contributed by atoms with Gasteiger partial charge in [-0.15, -0.1) is 0 Å². The topological polar surface area (TPSA) is 126 Å². The summed E-state index contributed by atoms with van der Waals surface area (Å²) in [5, 5.41) is 2.68. The van der Waals surface area contributed by atoms with Crippen LogP contribution < -0.4 is 14.9 Å². The second kappa shape index (κ2) is 9.59. The molecule has 2 aromatic rings. The molecule has 0 aliphatic carbocycles. The lowest BCUT2D eigenvalue weighted by Gasteiger charge is -2.28. The van der Waals surface area contributed by atoms with Gasteiger partial charge in [0, 0.05) is 30.0 Å². The third-order valence-electron chi connectivity index (χ3n) is 5.20. The number of benzene rings is 2. The van der Waals surface area contributed by atoms with Crippen molar-refractivity contribution in [3.63, 3.8) is 0 Å². The lowest BCUT2D eigenvalue weighted by molar-refractivity contribution is -0.148. The number of carbonyl (C=O) groups is 2. The highest BCUT2D eigenvalue weighted by molar-refractivity contribution is 7.90. The average Bonchev–Trinajstić information content (AvgIpc) is 3.08. The summed E-state index contributed by atoms with van der Waals surface area (Å²) in [6.07, 6.45) is 0. The van der Waals surface area contributed by atoms with E-state index in [0.29, 0.717) is 24.5 Å². The van der Waals surface area contributed by atoms with Crippen molar-refractivity contribution >= 4 is 39.1 Å². The van der Waals surface area contributed by atoms with Crippen LogP contribution in [-0.2, 0) is 29.1 Å². The molecule has 4 rings (SSSR count). The Labute approximate surface area is 191 Å². The second-order valence-electron chi connectivity index (χ2n) is 7.56. The van der Waals surface area contributed by atoms with Gasteiger partial charge in [-0.2, -0.15) is 0 Å². The number of amides is 1. The largest absolute Gasteiger partial charge is 0.454 e. The lowest BCUT2D eigenvalue weighted by Crippen LogP contribution is -2.36. The van der Waals surface area contributed by atoms with Gasteiger partial charge in [-0.05, 0) is 43.3 Å². The van der Waals surface area contributed by atoms with Crippen molar-refractivity contribution in [2.45, 2.75) is 17.9 Å². The predicted molar refractivity (Wildman–Crippen MR) is 122 cm³/mol. The Balaban J connectivity index is 1.30. The van der Waals surface area contributed by atoms with Crippen LogP contribution in [0.3, 0.4) is 0 Å². The van der Waals surface area contributed by atoms with Gasteiger partial charge in [-0.3, -0.25) is 14.5 Å². The Hall–Kier alpha value is -3.44. The maximum absolute atomic E-state index is 12.3. The predicted octanol–water partition coefficient (Wildman–Crippen LogP) is 1.13. The van der Waals surface area contributed by atoms with E-state index in [1.165, 1.54) is 13.0 Å². The third kappa shape index (κ3) is 5.32. The van der Waals surface area contributed by atoms with Crippen LogP contribution in [0, 0.1) is 0 Å². The summed E-state index contributed by atoms with van der Waals surface area (Å²) in [6, 6.07) is 12.7. The molecule has 1 amide bonds. The number of esters is 1. The summed E-state index contributed by atoms with van der Waals surface area (Å²) in [5.41, 5.74) is 2.01. The number of sulfonamides is 1. The zero-order chi connectivity index (χ0) is 23.4. The van der Waals surface area contributed by atoms with Gasteiger partial charge >= 0.3 is 5.97 Å². The summed E-state index contributed by atoms with van der Waals surface area (Å²) in [5.74, 6) is -1.17. The van der Waals surface area contributed by atoms with Gasteiger partial charge in [0.1, 0.15) is 11.9 Å². The van der Waals surface area contributed by atoms with Crippen molar-refractivity contribution in [3.05, 3.63) is 54.1 Å². The molecule has 10 nitrogen and oxygen atoms in total. The molecule has 11 heteroatoms. The number of carbonyl (C=O) groups excluding carboxylic acids is 2. The van der Waals surface area contributed by atoms with E-state index in [1.807, 2.05) is 12.1 Å². The Morgan fingerprint density at radius 3 is 2.58 bits per heavy atom. The van der Waals surface area contributed by atoms with Gasteiger partial charge < -0.3 is 19.7 Å². The molecule has 0 saturated carbocycles. The standard InChI is InChI=1S/C22H24N4O6S/c1-15(23-21-18-4-2-3-5-19(18)33(29,30)25-21)22(28)32-14-20(27)24-16-6-8-17(9-7-16)26-10-12-31-13-11-26/h2-9,15H,10-14H2,1H3,(H,23,25)(H,24,27)/t15-/m0/s1. The van der Waals surface area contributed by atoms with E-state index in [-0.39, 0.29) is 10.7 Å². The number of fused-ring (bicyclic) bond motifs is 1. The first-order chi connectivity index (χ1) is 15.8. The van der Waals surface area contributed by atoms with Gasteiger partial charge in [0.15, 0.2) is 6.61 Å². The van der Waals surface area contributed by atoms with Crippen molar-refractivity contribution in [2.24, 2.45) is 4.99 Å². The van der Waals surface area contributed by atoms with Crippen LogP contribution in [0.5, 0.6) is 0 Å². The van der Waals surface area contributed by atoms with Crippen LogP contribution in [0.2, 0.25) is 0 Å². The highest BCUT2D eigenvalue weighted by Gasteiger charge is 2.31. The fourth-order valence-electron chi connectivity index (χ4n) is 3.51. The van der Waals surface area contributed by atoms with Crippen molar-refractivity contribution in [1.82, 2.24) is 4.72 Å². The molecule has 0 bridgehead atoms. The summed E-state index contributed by atoms with van der Waals surface area (Å²) in [7, 11) is -3.70. The molecule has 1 atom stereocenters. The molecule has 1 saturated heterocycles. The number of hydrogen-bond acceptors (Lipinski definition) is 8. The fraction of sp³-hybridized carbons (Fsp3) is 0.318. The fourth-order valence-corrected chi connectivity index (χ4v) is 4.75. The van der Waals surface area contributed by atoms with Gasteiger partial charge in [0.2, 0.25) is 0 Å². The molecule has 2 aromatic carbocycles. The van der Waals surface area contributed by atoms with Crippen LogP contribution in [-0.4, -0.2) is 65.1 Å². The molecule has 0 aromatic heterocycles. The molecule has 2 aliphatic rings. The van der Waals surface area contributed by atoms with Crippen LogP contribution in [0.25, 0.3) is 0 Å². The second-order valence-corrected chi connectivity index (χ2v) is 9.21. The van der Waals surface area contributed by atoms with E-state index >= 15 is 0 Å². The number of nitrogens with one attached hydrogen (secondary N) is 2. The maximum atomic E-state index is 12.3. The first kappa shape index (κ1) is 22.7. The number of hydrogen-bond donors (Lipinski definition) is 2. The van der Waals surface area contributed by atoms with Crippen molar-refractivity contribution < 1.29 is 27.5 Å². The Morgan fingerprint density at radius 2 is 1.85 bits per heavy atom. The molecule has 33 heavy (non-hydrogen) atoms. The lowest BCUT2D eigenvalue weighted by atomic mass is 10.2. The van der Waals surface area contributed by atoms with Crippen molar-refractivity contribution in [2.75, 3.05) is 43.1 Å². The highest BCUT2D eigenvalue weighted by Crippen LogP contribution is 2.23. The quantitative estimate of drug-likeness (QED) is 0.604. The Kier molecular flexibility index (Phi) is 6.61. The van der Waals surface area contributed by atoms with Gasteiger partial charge in [0.05, 0.1) is 18.1 Å². The van der Waals surface area contributed by atoms with E-state index in [9.17, 15) is 18.0 Å². The van der Waals surface area contributed by atoms with Crippen LogP contribution in [0.1, 0.15) is 12.5 Å². The molecule has 0 radical (unpaired) electrons. The number of morpholine rings is 1. The maximum Gasteiger partial charge on any atom is 0.331 e. The number of amidine groups is 1. The summed E-state index contributed by atoms with van der Waals surface area (Å²) in [4.78, 5) is 30.9. The molecule has 1 fully saturated rings. The summed E-state index contributed by atoms with van der Waals surface area (Å²) < 4.78 is 37.0. The molecule has 2 N–H and O–H groups in total. The molecular weight excluding hydrogens is 448 g/mol. The van der Waals surface area contributed by atoms with E-state index in [1.54, 1.807) is 30.3 Å². The number of anilines is 2. The zero-order valence-electron chi connectivity index (χ0n) is 18.0. The summed E-state index contributed by atoms with van der Waals surface area (Å²) in [6.45, 7) is 3.99. The average molecular weight is 473 g/mol. The van der Waals surface area contributed by atoms with Gasteiger partial charge in [-0.1, -0.05) is 12.1 Å². The molecule has 0 unspecified atom stereocenters. The third-order valence-corrected chi connectivity index (χ3v) is 6.60. The monoisotopic (exact) mass is 472 g/mol. The normalized spacial score (nSPS) is 18.8. The SMILES string of the molecule is C[C@H](N=C1NS(=O)(=O)c2ccccc21)C(=O)OCC(=O)Nc1ccc(N2CCOCC2)cc1. The van der Waals surface area contributed by atoms with E-state index in [4.69, 9.17) is 9.47 Å². The molecule has 0 spiro atoms. The van der Waals surface area contributed by atoms with Crippen molar-refractivity contribution in [1.29, 1.82) is 0 Å². The highest BCUT2D eigenvalue weighted by atomic mass is 32.2. The van der Waals surface area contributed by atoms with Crippen molar-refractivity contribution in [3.8, 4) is 0 Å². The number of nitrogens with zero attached hydrogens (tertiary/aromatic N) is 2. The number of aliphatic imine (C=N–C) groups is 1. The first-order valence-corrected chi connectivity index (χ1v) is 11.9. The van der Waals surface area contributed by atoms with E-state index < -0.39 is 34.5 Å².